The first-order valence-corrected chi connectivity index (χ1v) is 8.37. The number of carbonyl (C=O) groups excluding carboxylic acids is 2. The lowest BCUT2D eigenvalue weighted by Gasteiger charge is -2.33. The van der Waals surface area contributed by atoms with Crippen LogP contribution in [0.2, 0.25) is 0 Å². The van der Waals surface area contributed by atoms with Gasteiger partial charge in [0.1, 0.15) is 17.1 Å². The van der Waals surface area contributed by atoms with Crippen LogP contribution in [0.4, 0.5) is 5.82 Å². The molecule has 0 radical (unpaired) electrons. The zero-order valence-electron chi connectivity index (χ0n) is 14.9. The maximum absolute atomic E-state index is 12.1. The number of carbonyl (C=O) groups is 2. The molecule has 140 valence electrons. The molecule has 0 bridgehead atoms. The largest absolute Gasteiger partial charge is 0.467 e. The smallest absolute Gasteiger partial charge is 0.341 e. The van der Waals surface area contributed by atoms with Crippen LogP contribution in [0.25, 0.3) is 0 Å². The van der Waals surface area contributed by atoms with Crippen LogP contribution < -0.4 is 5.32 Å². The maximum atomic E-state index is 12.1. The first-order valence-electron chi connectivity index (χ1n) is 8.37. The van der Waals surface area contributed by atoms with E-state index in [1.165, 1.54) is 13.4 Å². The van der Waals surface area contributed by atoms with E-state index in [1.54, 1.807) is 19.1 Å². The second-order valence-electron chi connectivity index (χ2n) is 6.17. The van der Waals surface area contributed by atoms with Gasteiger partial charge in [-0.2, -0.15) is 0 Å². The molecule has 9 nitrogen and oxygen atoms in total. The fraction of sp³-hybridized carbons (Fsp3) is 0.471. The van der Waals surface area contributed by atoms with Gasteiger partial charge in [0.2, 0.25) is 5.91 Å². The average Bonchev–Trinajstić information content (AvgIpc) is 3.25. The van der Waals surface area contributed by atoms with Gasteiger partial charge in [0.05, 0.1) is 26.5 Å². The Balaban J connectivity index is 1.45. The van der Waals surface area contributed by atoms with Crippen molar-refractivity contribution in [1.82, 2.24) is 15.0 Å². The number of hydrogen-bond donors (Lipinski definition) is 1. The van der Waals surface area contributed by atoms with Crippen LogP contribution in [0.5, 0.6) is 0 Å². The van der Waals surface area contributed by atoms with E-state index >= 15 is 0 Å². The lowest BCUT2D eigenvalue weighted by Crippen LogP contribution is -2.48. The highest BCUT2D eigenvalue weighted by Gasteiger charge is 2.23. The predicted octanol–water partition coefficient (Wildman–Crippen LogP) is 1.12. The summed E-state index contributed by atoms with van der Waals surface area (Å²) in [7, 11) is 1.35. The van der Waals surface area contributed by atoms with Crippen molar-refractivity contribution >= 4 is 17.7 Å². The number of anilines is 1. The summed E-state index contributed by atoms with van der Waals surface area (Å²) >= 11 is 0. The van der Waals surface area contributed by atoms with Gasteiger partial charge in [-0.05, 0) is 13.0 Å². The number of nitrogens with one attached hydrogen (secondary N) is 1. The van der Waals surface area contributed by atoms with E-state index in [2.05, 4.69) is 20.3 Å². The van der Waals surface area contributed by atoms with E-state index < -0.39 is 5.97 Å². The van der Waals surface area contributed by atoms with E-state index in [-0.39, 0.29) is 5.91 Å². The van der Waals surface area contributed by atoms with Gasteiger partial charge in [-0.25, -0.2) is 4.79 Å². The number of aryl methyl sites for hydroxylation is 1. The Morgan fingerprint density at radius 1 is 1.27 bits per heavy atom. The Labute approximate surface area is 150 Å². The molecule has 1 N–H and O–H groups in total. The van der Waals surface area contributed by atoms with Crippen molar-refractivity contribution in [1.29, 1.82) is 0 Å². The molecule has 3 heterocycles. The van der Waals surface area contributed by atoms with Gasteiger partial charge < -0.3 is 19.0 Å². The SMILES string of the molecule is COC(=O)c1ccoc1CN1CCN(CC(=O)Nc2cc(C)on2)CC1. The highest BCUT2D eigenvalue weighted by atomic mass is 16.5. The Hall–Kier alpha value is -2.65. The monoisotopic (exact) mass is 362 g/mol. The molecule has 0 aliphatic carbocycles. The van der Waals surface area contributed by atoms with Crippen molar-refractivity contribution in [2.75, 3.05) is 45.2 Å². The molecule has 1 saturated heterocycles. The number of methoxy groups -OCH3 is 1. The Kier molecular flexibility index (Phi) is 5.69. The van der Waals surface area contributed by atoms with Crippen molar-refractivity contribution < 1.29 is 23.3 Å². The van der Waals surface area contributed by atoms with Crippen LogP contribution in [0.15, 0.2) is 27.3 Å². The molecule has 1 aliphatic rings. The second kappa shape index (κ2) is 8.15. The van der Waals surface area contributed by atoms with Crippen LogP contribution >= 0.6 is 0 Å². The molecule has 0 atom stereocenters. The fourth-order valence-electron chi connectivity index (χ4n) is 2.87. The molecule has 26 heavy (non-hydrogen) atoms. The molecule has 0 saturated carbocycles. The zero-order chi connectivity index (χ0) is 18.5. The van der Waals surface area contributed by atoms with Crippen LogP contribution in [0.3, 0.4) is 0 Å². The first kappa shape index (κ1) is 18.2. The van der Waals surface area contributed by atoms with E-state index in [1.807, 2.05) is 0 Å². The van der Waals surface area contributed by atoms with E-state index in [0.29, 0.717) is 36.0 Å². The van der Waals surface area contributed by atoms with Gasteiger partial charge in [0, 0.05) is 32.2 Å². The molecule has 1 fully saturated rings. The van der Waals surface area contributed by atoms with Crippen LogP contribution in [0, 0.1) is 6.92 Å². The molecule has 0 aromatic carbocycles. The molecule has 3 rings (SSSR count). The van der Waals surface area contributed by atoms with Crippen LogP contribution in [0.1, 0.15) is 21.9 Å². The van der Waals surface area contributed by atoms with Gasteiger partial charge in [0.25, 0.3) is 0 Å². The Bertz CT molecular complexity index is 761. The lowest BCUT2D eigenvalue weighted by atomic mass is 10.2. The summed E-state index contributed by atoms with van der Waals surface area (Å²) < 4.78 is 15.1. The van der Waals surface area contributed by atoms with E-state index in [4.69, 9.17) is 13.7 Å². The Morgan fingerprint density at radius 3 is 2.65 bits per heavy atom. The minimum absolute atomic E-state index is 0.120. The number of esters is 1. The third kappa shape index (κ3) is 4.50. The van der Waals surface area contributed by atoms with Gasteiger partial charge >= 0.3 is 5.97 Å². The molecular weight excluding hydrogens is 340 g/mol. The summed E-state index contributed by atoms with van der Waals surface area (Å²) in [5.41, 5.74) is 0.456. The van der Waals surface area contributed by atoms with Crippen LogP contribution in [-0.2, 0) is 16.1 Å². The summed E-state index contributed by atoms with van der Waals surface area (Å²) in [6.45, 7) is 5.66. The molecule has 0 spiro atoms. The maximum Gasteiger partial charge on any atom is 0.341 e. The number of furan rings is 1. The van der Waals surface area contributed by atoms with Gasteiger partial charge in [-0.15, -0.1) is 0 Å². The van der Waals surface area contributed by atoms with Crippen molar-refractivity contribution in [3.05, 3.63) is 35.5 Å². The number of ether oxygens (including phenoxy) is 1. The first-order chi connectivity index (χ1) is 12.5. The van der Waals surface area contributed by atoms with Gasteiger partial charge in [0.15, 0.2) is 5.82 Å². The van der Waals surface area contributed by atoms with Crippen molar-refractivity contribution in [3.63, 3.8) is 0 Å². The number of rotatable bonds is 6. The topological polar surface area (TPSA) is 101 Å². The standard InChI is InChI=1S/C17H22N4O5/c1-12-9-15(19-26-12)18-16(22)11-21-6-4-20(5-7-21)10-14-13(3-8-25-14)17(23)24-2/h3,8-9H,4-7,10-11H2,1-2H3,(H,18,19,22). The molecule has 2 aromatic rings. The zero-order valence-corrected chi connectivity index (χ0v) is 14.9. The average molecular weight is 362 g/mol. The summed E-state index contributed by atoms with van der Waals surface area (Å²) in [4.78, 5) is 28.0. The minimum Gasteiger partial charge on any atom is -0.467 e. The third-order valence-electron chi connectivity index (χ3n) is 4.25. The molecule has 1 amide bonds. The van der Waals surface area contributed by atoms with Gasteiger partial charge in [-0.3, -0.25) is 14.6 Å². The highest BCUT2D eigenvalue weighted by molar-refractivity contribution is 5.91. The number of hydrogen-bond acceptors (Lipinski definition) is 8. The molecule has 9 heteroatoms. The number of nitrogens with zero attached hydrogens (tertiary/aromatic N) is 3. The lowest BCUT2D eigenvalue weighted by molar-refractivity contribution is -0.117. The number of piperazine rings is 1. The van der Waals surface area contributed by atoms with E-state index in [9.17, 15) is 9.59 Å². The quantitative estimate of drug-likeness (QED) is 0.763. The second-order valence-corrected chi connectivity index (χ2v) is 6.17. The minimum atomic E-state index is -0.396. The van der Waals surface area contributed by atoms with Gasteiger partial charge in [-0.1, -0.05) is 5.16 Å². The van der Waals surface area contributed by atoms with Crippen molar-refractivity contribution in [2.45, 2.75) is 13.5 Å². The highest BCUT2D eigenvalue weighted by Crippen LogP contribution is 2.16. The number of aromatic nitrogens is 1. The molecule has 0 unspecified atom stereocenters. The summed E-state index contributed by atoms with van der Waals surface area (Å²) in [6, 6.07) is 3.30. The predicted molar refractivity (Wildman–Crippen MR) is 91.6 cm³/mol. The van der Waals surface area contributed by atoms with Crippen molar-refractivity contribution in [2.24, 2.45) is 0 Å². The normalized spacial score (nSPS) is 15.8. The van der Waals surface area contributed by atoms with Crippen LogP contribution in [-0.4, -0.2) is 66.7 Å². The number of amides is 1. The Morgan fingerprint density at radius 2 is 2.00 bits per heavy atom. The summed E-state index contributed by atoms with van der Waals surface area (Å²) in [5.74, 6) is 1.17. The fourth-order valence-corrected chi connectivity index (χ4v) is 2.87. The summed E-state index contributed by atoms with van der Waals surface area (Å²) in [6.07, 6.45) is 1.49. The van der Waals surface area contributed by atoms with Crippen molar-refractivity contribution in [3.8, 4) is 0 Å². The molecule has 2 aromatic heterocycles. The molecule has 1 aliphatic heterocycles. The summed E-state index contributed by atoms with van der Waals surface area (Å²) in [5, 5.41) is 6.47. The van der Waals surface area contributed by atoms with E-state index in [0.717, 1.165) is 26.2 Å². The third-order valence-corrected chi connectivity index (χ3v) is 4.25. The molecular formula is C17H22N4O5.